The first kappa shape index (κ1) is 10.9. The Morgan fingerprint density at radius 1 is 1.43 bits per heavy atom. The number of urea groups is 1. The van der Waals surface area contributed by atoms with Crippen LogP contribution >= 0.6 is 11.8 Å². The van der Waals surface area contributed by atoms with E-state index in [-0.39, 0.29) is 6.03 Å². The minimum atomic E-state index is -0.266. The highest BCUT2D eigenvalue weighted by molar-refractivity contribution is 6.20. The smallest absolute Gasteiger partial charge is 0.332 e. The van der Waals surface area contributed by atoms with Gasteiger partial charge in [0.2, 0.25) is 0 Å². The minimum absolute atomic E-state index is 0.266. The summed E-state index contributed by atoms with van der Waals surface area (Å²) in [7, 11) is 0. The maximum atomic E-state index is 11.2. The third-order valence-electron chi connectivity index (χ3n) is 1.78. The normalized spacial score (nSPS) is 9.57. The molecule has 0 spiro atoms. The van der Waals surface area contributed by atoms with Gasteiger partial charge in [-0.1, -0.05) is 30.3 Å². The first-order valence-electron chi connectivity index (χ1n) is 4.49. The highest BCUT2D eigenvalue weighted by Gasteiger charge is 2.06. The topological polar surface area (TPSA) is 32.3 Å². The van der Waals surface area contributed by atoms with Gasteiger partial charge in [0, 0.05) is 24.9 Å². The van der Waals surface area contributed by atoms with Crippen LogP contribution in [-0.2, 0) is 6.54 Å². The lowest BCUT2D eigenvalue weighted by molar-refractivity contribution is 0.225. The first-order valence-corrected chi connectivity index (χ1v) is 4.83. The molecule has 1 N–H and O–H groups in total. The van der Waals surface area contributed by atoms with E-state index in [1.165, 1.54) is 0 Å². The molecule has 2 amide bonds. The summed E-state index contributed by atoms with van der Waals surface area (Å²) in [4.78, 5) is 11.2. The van der Waals surface area contributed by atoms with Gasteiger partial charge in [-0.05, 0) is 12.5 Å². The predicted molar refractivity (Wildman–Crippen MR) is 56.9 cm³/mol. The summed E-state index contributed by atoms with van der Waals surface area (Å²) in [5.41, 5.74) is 1.06. The van der Waals surface area contributed by atoms with E-state index in [2.05, 4.69) is 5.32 Å². The number of carbonyl (C=O) groups excluding carboxylic acids is 1. The van der Waals surface area contributed by atoms with Crippen LogP contribution < -0.4 is 5.32 Å². The molecule has 0 bridgehead atoms. The molecule has 0 saturated heterocycles. The molecule has 0 fully saturated rings. The van der Waals surface area contributed by atoms with Gasteiger partial charge >= 0.3 is 6.03 Å². The fourth-order valence-electron chi connectivity index (χ4n) is 1.00. The van der Waals surface area contributed by atoms with Gasteiger partial charge in [0.05, 0.1) is 0 Å². The van der Waals surface area contributed by atoms with Gasteiger partial charge in [-0.15, -0.1) is 0 Å². The van der Waals surface area contributed by atoms with Crippen molar-refractivity contribution in [2.75, 3.05) is 6.54 Å². The van der Waals surface area contributed by atoms with Gasteiger partial charge in [0.25, 0.3) is 0 Å². The van der Waals surface area contributed by atoms with E-state index in [0.717, 1.165) is 9.98 Å². The molecule has 4 heteroatoms. The molecular formula is C10H13ClN2O. The average Bonchev–Trinajstić information content (AvgIpc) is 2.26. The molecule has 0 saturated carbocycles. The second-order valence-electron chi connectivity index (χ2n) is 2.82. The Morgan fingerprint density at radius 2 is 2.07 bits per heavy atom. The Morgan fingerprint density at radius 3 is 2.64 bits per heavy atom. The minimum Gasteiger partial charge on any atom is -0.333 e. The van der Waals surface area contributed by atoms with Crippen molar-refractivity contribution in [3.05, 3.63) is 35.9 Å². The maximum absolute atomic E-state index is 11.2. The molecule has 3 nitrogen and oxygen atoms in total. The van der Waals surface area contributed by atoms with E-state index >= 15 is 0 Å². The van der Waals surface area contributed by atoms with Crippen molar-refractivity contribution >= 4 is 17.8 Å². The number of nitrogens with zero attached hydrogens (tertiary/aromatic N) is 1. The molecule has 0 heterocycles. The summed E-state index contributed by atoms with van der Waals surface area (Å²) >= 11 is 5.60. The Hall–Kier alpha value is -1.22. The molecule has 0 aliphatic heterocycles. The van der Waals surface area contributed by atoms with Crippen LogP contribution in [0.5, 0.6) is 0 Å². The van der Waals surface area contributed by atoms with Crippen LogP contribution in [-0.4, -0.2) is 17.0 Å². The molecule has 0 radical (unpaired) electrons. The van der Waals surface area contributed by atoms with Crippen molar-refractivity contribution in [3.63, 3.8) is 0 Å². The van der Waals surface area contributed by atoms with E-state index in [4.69, 9.17) is 11.8 Å². The first-order chi connectivity index (χ1) is 6.74. The SMILES string of the molecule is CCN(Cl)C(=O)NCc1ccccc1. The number of nitrogens with one attached hydrogen (secondary N) is 1. The summed E-state index contributed by atoms with van der Waals surface area (Å²) in [6, 6.07) is 9.43. The number of benzene rings is 1. The largest absolute Gasteiger partial charge is 0.333 e. The van der Waals surface area contributed by atoms with E-state index in [0.29, 0.717) is 13.1 Å². The average molecular weight is 213 g/mol. The molecule has 76 valence electrons. The zero-order valence-corrected chi connectivity index (χ0v) is 8.79. The Bertz CT molecular complexity index is 289. The third kappa shape index (κ3) is 3.26. The van der Waals surface area contributed by atoms with Crippen molar-refractivity contribution in [3.8, 4) is 0 Å². The summed E-state index contributed by atoms with van der Waals surface area (Å²) in [6.07, 6.45) is 0. The summed E-state index contributed by atoms with van der Waals surface area (Å²) in [6.45, 7) is 2.81. The summed E-state index contributed by atoms with van der Waals surface area (Å²) in [5.74, 6) is 0. The van der Waals surface area contributed by atoms with Gasteiger partial charge < -0.3 is 5.32 Å². The molecule has 1 aromatic rings. The number of hydrogen-bond donors (Lipinski definition) is 1. The number of hydrogen-bond acceptors (Lipinski definition) is 1. The van der Waals surface area contributed by atoms with Crippen LogP contribution in [0.1, 0.15) is 12.5 Å². The van der Waals surface area contributed by atoms with E-state index in [9.17, 15) is 4.79 Å². The number of halogens is 1. The zero-order chi connectivity index (χ0) is 10.4. The van der Waals surface area contributed by atoms with Crippen molar-refractivity contribution in [1.82, 2.24) is 9.74 Å². The number of amides is 2. The van der Waals surface area contributed by atoms with E-state index in [1.807, 2.05) is 37.3 Å². The third-order valence-corrected chi connectivity index (χ3v) is 2.18. The highest BCUT2D eigenvalue weighted by Crippen LogP contribution is 1.99. The predicted octanol–water partition coefficient (Wildman–Crippen LogP) is 2.37. The monoisotopic (exact) mass is 212 g/mol. The fraction of sp³-hybridized carbons (Fsp3) is 0.300. The second-order valence-corrected chi connectivity index (χ2v) is 3.23. The van der Waals surface area contributed by atoms with Gasteiger partial charge in [-0.3, -0.25) is 0 Å². The van der Waals surface area contributed by atoms with Crippen molar-refractivity contribution in [2.45, 2.75) is 13.5 Å². The molecule has 1 rings (SSSR count). The highest BCUT2D eigenvalue weighted by atomic mass is 35.5. The fourth-order valence-corrected chi connectivity index (χ4v) is 1.06. The standard InChI is InChI=1S/C10H13ClN2O/c1-2-13(11)10(14)12-8-9-6-4-3-5-7-9/h3-7H,2,8H2,1H3,(H,12,14). The number of carbonyl (C=O) groups is 1. The van der Waals surface area contributed by atoms with E-state index in [1.54, 1.807) is 0 Å². The lowest BCUT2D eigenvalue weighted by Crippen LogP contribution is -2.33. The summed E-state index contributed by atoms with van der Waals surface area (Å²) < 4.78 is 1.11. The molecule has 0 aliphatic rings. The van der Waals surface area contributed by atoms with Crippen molar-refractivity contribution in [1.29, 1.82) is 0 Å². The van der Waals surface area contributed by atoms with Gasteiger partial charge in [-0.2, -0.15) is 0 Å². The molecule has 0 unspecified atom stereocenters. The quantitative estimate of drug-likeness (QED) is 0.767. The lowest BCUT2D eigenvalue weighted by atomic mass is 10.2. The van der Waals surface area contributed by atoms with Gasteiger partial charge in [0.1, 0.15) is 0 Å². The molecular weight excluding hydrogens is 200 g/mol. The Kier molecular flexibility index (Phi) is 4.26. The van der Waals surface area contributed by atoms with E-state index < -0.39 is 0 Å². The van der Waals surface area contributed by atoms with Crippen LogP contribution in [0, 0.1) is 0 Å². The van der Waals surface area contributed by atoms with Crippen LogP contribution in [0.15, 0.2) is 30.3 Å². The van der Waals surface area contributed by atoms with Crippen LogP contribution in [0.4, 0.5) is 4.79 Å². The molecule has 14 heavy (non-hydrogen) atoms. The zero-order valence-electron chi connectivity index (χ0n) is 8.03. The van der Waals surface area contributed by atoms with Crippen molar-refractivity contribution in [2.24, 2.45) is 0 Å². The molecule has 1 aromatic carbocycles. The van der Waals surface area contributed by atoms with Crippen molar-refractivity contribution < 1.29 is 4.79 Å². The second kappa shape index (κ2) is 5.50. The van der Waals surface area contributed by atoms with Gasteiger partial charge in [0.15, 0.2) is 0 Å². The summed E-state index contributed by atoms with van der Waals surface area (Å²) in [5, 5.41) is 2.70. The molecule has 0 aliphatic carbocycles. The van der Waals surface area contributed by atoms with Crippen LogP contribution in [0.3, 0.4) is 0 Å². The lowest BCUT2D eigenvalue weighted by Gasteiger charge is -2.12. The Balaban J connectivity index is 2.38. The maximum Gasteiger partial charge on any atom is 0.332 e. The molecule has 0 atom stereocenters. The van der Waals surface area contributed by atoms with Crippen LogP contribution in [0.2, 0.25) is 0 Å². The Labute approximate surface area is 88.8 Å². The number of rotatable bonds is 3. The van der Waals surface area contributed by atoms with Gasteiger partial charge in [-0.25, -0.2) is 9.21 Å². The molecule has 0 aromatic heterocycles. The van der Waals surface area contributed by atoms with Crippen LogP contribution in [0.25, 0.3) is 0 Å².